The van der Waals surface area contributed by atoms with Gasteiger partial charge in [-0.25, -0.2) is 9.37 Å². The van der Waals surface area contributed by atoms with E-state index in [1.54, 1.807) is 0 Å². The van der Waals surface area contributed by atoms with Crippen LogP contribution in [-0.2, 0) is 0 Å². The van der Waals surface area contributed by atoms with Crippen molar-refractivity contribution in [3.63, 3.8) is 0 Å². The lowest BCUT2D eigenvalue weighted by molar-refractivity contribution is 0.0240. The molecule has 0 amide bonds. The van der Waals surface area contributed by atoms with E-state index in [4.69, 9.17) is 11.5 Å². The lowest BCUT2D eigenvalue weighted by Gasteiger charge is -2.15. The van der Waals surface area contributed by atoms with Gasteiger partial charge in [0.05, 0.1) is 6.10 Å². The van der Waals surface area contributed by atoms with E-state index in [-0.39, 0.29) is 17.9 Å². The Hall–Kier alpha value is -1.24. The van der Waals surface area contributed by atoms with Crippen LogP contribution in [0.15, 0.2) is 12.3 Å². The van der Waals surface area contributed by atoms with Crippen LogP contribution in [0.4, 0.5) is 10.2 Å². The van der Waals surface area contributed by atoms with Gasteiger partial charge in [-0.1, -0.05) is 0 Å². The molecule has 2 unspecified atom stereocenters. The summed E-state index contributed by atoms with van der Waals surface area (Å²) in [6.07, 6.45) is -1.19. The number of hydrogen-bond acceptors (Lipinski definition) is 5. The van der Waals surface area contributed by atoms with E-state index >= 15 is 0 Å². The lowest BCUT2D eigenvalue weighted by Crippen LogP contribution is -2.27. The van der Waals surface area contributed by atoms with Crippen molar-refractivity contribution < 1.29 is 14.6 Å². The van der Waals surface area contributed by atoms with Gasteiger partial charge in [0.2, 0.25) is 0 Å². The molecule has 78 valence electrons. The Kier molecular flexibility index (Phi) is 3.34. The number of nitrogen functional groups attached to an aromatic ring is 1. The van der Waals surface area contributed by atoms with E-state index in [0.717, 1.165) is 6.07 Å². The van der Waals surface area contributed by atoms with Crippen LogP contribution in [0.1, 0.15) is 11.7 Å². The second-order valence-corrected chi connectivity index (χ2v) is 2.88. The molecule has 0 aliphatic rings. The number of aliphatic hydroxyl groups is 2. The third-order valence-electron chi connectivity index (χ3n) is 1.84. The third kappa shape index (κ3) is 2.16. The summed E-state index contributed by atoms with van der Waals surface area (Å²) in [6, 6.07) is 1.02. The van der Waals surface area contributed by atoms with E-state index in [9.17, 15) is 14.6 Å². The molecule has 0 radical (unpaired) electrons. The van der Waals surface area contributed by atoms with Gasteiger partial charge in [0.1, 0.15) is 6.10 Å². The Labute approximate surface area is 80.2 Å². The number of rotatable bonds is 3. The zero-order valence-electron chi connectivity index (χ0n) is 7.39. The summed E-state index contributed by atoms with van der Waals surface area (Å²) in [5.41, 5.74) is 10.4. The van der Waals surface area contributed by atoms with Gasteiger partial charge in [-0.2, -0.15) is 0 Å². The van der Waals surface area contributed by atoms with Gasteiger partial charge in [0, 0.05) is 18.3 Å². The lowest BCUT2D eigenvalue weighted by atomic mass is 10.1. The molecule has 6 heteroatoms. The van der Waals surface area contributed by atoms with Gasteiger partial charge in [-0.05, 0) is 6.07 Å². The quantitative estimate of drug-likeness (QED) is 0.510. The maximum atomic E-state index is 12.9. The average Bonchev–Trinajstić information content (AvgIpc) is 2.20. The molecule has 0 aliphatic carbocycles. The molecule has 1 aromatic heterocycles. The number of anilines is 1. The highest BCUT2D eigenvalue weighted by molar-refractivity contribution is 5.32. The summed E-state index contributed by atoms with van der Waals surface area (Å²) in [4.78, 5) is 3.51. The summed E-state index contributed by atoms with van der Waals surface area (Å²) >= 11 is 0. The minimum Gasteiger partial charge on any atom is -0.389 e. The topological polar surface area (TPSA) is 105 Å². The van der Waals surface area contributed by atoms with Crippen LogP contribution in [0.2, 0.25) is 0 Å². The first-order valence-corrected chi connectivity index (χ1v) is 4.03. The molecule has 0 bridgehead atoms. The van der Waals surface area contributed by atoms with Crippen LogP contribution in [-0.4, -0.2) is 27.8 Å². The number of pyridine rings is 1. The van der Waals surface area contributed by atoms with Crippen molar-refractivity contribution in [1.29, 1.82) is 0 Å². The van der Waals surface area contributed by atoms with E-state index < -0.39 is 18.0 Å². The Bertz CT molecular complexity index is 321. The normalized spacial score (nSPS) is 15.1. The number of hydrogen-bond donors (Lipinski definition) is 4. The van der Waals surface area contributed by atoms with Gasteiger partial charge >= 0.3 is 0 Å². The summed E-state index contributed by atoms with van der Waals surface area (Å²) < 4.78 is 12.9. The second kappa shape index (κ2) is 4.32. The number of halogens is 1. The van der Waals surface area contributed by atoms with E-state index in [1.165, 1.54) is 6.20 Å². The maximum Gasteiger partial charge on any atom is 0.165 e. The summed E-state index contributed by atoms with van der Waals surface area (Å²) in [5, 5.41) is 18.6. The summed E-state index contributed by atoms with van der Waals surface area (Å²) in [7, 11) is 0. The van der Waals surface area contributed by atoms with Gasteiger partial charge in [0.15, 0.2) is 11.6 Å². The SMILES string of the molecule is NCC(O)C(O)c1cnc(N)c(F)c1. The molecule has 14 heavy (non-hydrogen) atoms. The Morgan fingerprint density at radius 1 is 1.50 bits per heavy atom. The van der Waals surface area contributed by atoms with Crippen molar-refractivity contribution in [2.45, 2.75) is 12.2 Å². The van der Waals surface area contributed by atoms with Crippen molar-refractivity contribution in [2.24, 2.45) is 5.73 Å². The van der Waals surface area contributed by atoms with Crippen molar-refractivity contribution in [1.82, 2.24) is 4.98 Å². The number of nitrogens with zero attached hydrogens (tertiary/aromatic N) is 1. The molecule has 1 heterocycles. The minimum atomic E-state index is -1.25. The van der Waals surface area contributed by atoms with Crippen molar-refractivity contribution >= 4 is 5.82 Å². The summed E-state index contributed by atoms with van der Waals surface area (Å²) in [5.74, 6) is -0.978. The molecular formula is C8H12FN3O2. The van der Waals surface area contributed by atoms with E-state index in [1.807, 2.05) is 0 Å². The highest BCUT2D eigenvalue weighted by Crippen LogP contribution is 2.18. The number of nitrogens with two attached hydrogens (primary N) is 2. The smallest absolute Gasteiger partial charge is 0.165 e. The van der Waals surface area contributed by atoms with Gasteiger partial charge < -0.3 is 21.7 Å². The van der Waals surface area contributed by atoms with E-state index in [2.05, 4.69) is 4.98 Å². The molecule has 1 rings (SSSR count). The van der Waals surface area contributed by atoms with Crippen molar-refractivity contribution in [2.75, 3.05) is 12.3 Å². The zero-order chi connectivity index (χ0) is 10.7. The highest BCUT2D eigenvalue weighted by atomic mass is 19.1. The maximum absolute atomic E-state index is 12.9. The van der Waals surface area contributed by atoms with Crippen LogP contribution >= 0.6 is 0 Å². The molecule has 2 atom stereocenters. The molecule has 0 aliphatic heterocycles. The predicted molar refractivity (Wildman–Crippen MR) is 48.6 cm³/mol. The molecule has 0 fully saturated rings. The van der Waals surface area contributed by atoms with Crippen LogP contribution in [0.25, 0.3) is 0 Å². The Morgan fingerprint density at radius 2 is 2.14 bits per heavy atom. The largest absolute Gasteiger partial charge is 0.389 e. The monoisotopic (exact) mass is 201 g/mol. The highest BCUT2D eigenvalue weighted by Gasteiger charge is 2.18. The fourth-order valence-electron chi connectivity index (χ4n) is 0.976. The van der Waals surface area contributed by atoms with Crippen molar-refractivity contribution in [3.05, 3.63) is 23.6 Å². The molecule has 0 saturated heterocycles. The number of aliphatic hydroxyl groups excluding tert-OH is 2. The first kappa shape index (κ1) is 10.8. The van der Waals surface area contributed by atoms with Crippen LogP contribution in [0.5, 0.6) is 0 Å². The fourth-order valence-corrected chi connectivity index (χ4v) is 0.976. The second-order valence-electron chi connectivity index (χ2n) is 2.88. The molecule has 6 N–H and O–H groups in total. The van der Waals surface area contributed by atoms with Gasteiger partial charge in [0.25, 0.3) is 0 Å². The summed E-state index contributed by atoms with van der Waals surface area (Å²) in [6.45, 7) is -0.118. The first-order valence-electron chi connectivity index (χ1n) is 4.03. The Morgan fingerprint density at radius 3 is 2.64 bits per heavy atom. The predicted octanol–water partition coefficient (Wildman–Crippen LogP) is -0.844. The van der Waals surface area contributed by atoms with E-state index in [0.29, 0.717) is 0 Å². The minimum absolute atomic E-state index is 0.118. The molecule has 5 nitrogen and oxygen atoms in total. The average molecular weight is 201 g/mol. The first-order chi connectivity index (χ1) is 6.56. The standard InChI is InChI=1S/C8H12FN3O2/c9-5-1-4(3-12-8(5)11)7(14)6(13)2-10/h1,3,6-7,13-14H,2,10H2,(H2,11,12). The van der Waals surface area contributed by atoms with Gasteiger partial charge in [-0.3, -0.25) is 0 Å². The van der Waals surface area contributed by atoms with Crippen molar-refractivity contribution in [3.8, 4) is 0 Å². The van der Waals surface area contributed by atoms with Crippen LogP contribution in [0, 0.1) is 5.82 Å². The zero-order valence-corrected chi connectivity index (χ0v) is 7.39. The van der Waals surface area contributed by atoms with Crippen LogP contribution in [0.3, 0.4) is 0 Å². The molecule has 0 aromatic carbocycles. The number of aromatic nitrogens is 1. The molecule has 0 saturated carbocycles. The molecule has 1 aromatic rings. The fraction of sp³-hybridized carbons (Fsp3) is 0.375. The Balaban J connectivity index is 2.91. The van der Waals surface area contributed by atoms with Gasteiger partial charge in [-0.15, -0.1) is 0 Å². The molecular weight excluding hydrogens is 189 g/mol. The van der Waals surface area contributed by atoms with Crippen LogP contribution < -0.4 is 11.5 Å². The third-order valence-corrected chi connectivity index (χ3v) is 1.84. The molecule has 0 spiro atoms.